The van der Waals surface area contributed by atoms with E-state index in [1.54, 1.807) is 18.3 Å². The molecule has 1 aromatic rings. The van der Waals surface area contributed by atoms with Crippen LogP contribution in [0.5, 0.6) is 0 Å². The molecule has 0 aromatic carbocycles. The lowest BCUT2D eigenvalue weighted by molar-refractivity contribution is -0.141. The molecule has 5 heteroatoms. The maximum Gasteiger partial charge on any atom is 0.307 e. The average molecular weight is 296 g/mol. The van der Waals surface area contributed by atoms with Crippen LogP contribution in [-0.2, 0) is 11.3 Å². The average Bonchev–Trinajstić information content (AvgIpc) is 2.88. The molecule has 1 N–H and O–H groups in total. The molecule has 1 aliphatic rings. The van der Waals surface area contributed by atoms with E-state index in [1.807, 2.05) is 11.9 Å². The summed E-state index contributed by atoms with van der Waals surface area (Å²) in [7, 11) is 1.96. The van der Waals surface area contributed by atoms with Gasteiger partial charge in [-0.05, 0) is 19.9 Å². The van der Waals surface area contributed by atoms with E-state index in [4.69, 9.17) is 10.1 Å². The van der Waals surface area contributed by atoms with Gasteiger partial charge in [-0.1, -0.05) is 26.2 Å². The number of aromatic nitrogens is 1. The lowest BCUT2D eigenvalue weighted by Crippen LogP contribution is -2.28. The van der Waals surface area contributed by atoms with Crippen molar-refractivity contribution < 1.29 is 9.90 Å². The minimum atomic E-state index is -0.738. The minimum absolute atomic E-state index is 0.337. The molecule has 1 atom stereocenters. The molecule has 0 aliphatic heterocycles. The molecule has 0 radical (unpaired) electrons. The molecule has 1 aromatic heterocycles. The van der Waals surface area contributed by atoms with Crippen molar-refractivity contribution in [2.75, 3.05) is 13.6 Å². The van der Waals surface area contributed by atoms with Crippen molar-refractivity contribution in [2.45, 2.75) is 51.5 Å². The first-order chi connectivity index (χ1) is 9.56. The van der Waals surface area contributed by atoms with Crippen LogP contribution in [0.15, 0.2) is 5.38 Å². The molecule has 20 heavy (non-hydrogen) atoms. The number of thiazole rings is 1. The molecule has 0 bridgehead atoms. The van der Waals surface area contributed by atoms with Gasteiger partial charge in [-0.3, -0.25) is 9.69 Å². The Morgan fingerprint density at radius 2 is 2.20 bits per heavy atom. The van der Waals surface area contributed by atoms with E-state index < -0.39 is 5.97 Å². The fourth-order valence-corrected chi connectivity index (χ4v) is 3.80. The molecule has 112 valence electrons. The summed E-state index contributed by atoms with van der Waals surface area (Å²) in [5.74, 6) is -0.416. The molecule has 1 saturated carbocycles. The molecule has 1 heterocycles. The highest BCUT2D eigenvalue weighted by Crippen LogP contribution is 2.34. The van der Waals surface area contributed by atoms with Crippen LogP contribution in [0.1, 0.15) is 55.6 Å². The van der Waals surface area contributed by atoms with Gasteiger partial charge in [0.2, 0.25) is 0 Å². The Kier molecular flexibility index (Phi) is 5.54. The predicted octanol–water partition coefficient (Wildman–Crippen LogP) is 3.34. The first-order valence-corrected chi connectivity index (χ1v) is 8.30. The second kappa shape index (κ2) is 7.18. The summed E-state index contributed by atoms with van der Waals surface area (Å²) in [6.07, 6.45) is 6.58. The van der Waals surface area contributed by atoms with E-state index in [9.17, 15) is 4.79 Å². The Bertz CT molecular complexity index is 441. The summed E-state index contributed by atoms with van der Waals surface area (Å²) < 4.78 is 0. The smallest absolute Gasteiger partial charge is 0.307 e. The number of nitrogens with zero attached hydrogens (tertiary/aromatic N) is 2. The van der Waals surface area contributed by atoms with Crippen molar-refractivity contribution in [3.8, 4) is 0 Å². The van der Waals surface area contributed by atoms with E-state index in [0.29, 0.717) is 12.5 Å². The van der Waals surface area contributed by atoms with Gasteiger partial charge >= 0.3 is 5.97 Å². The third kappa shape index (κ3) is 4.28. The van der Waals surface area contributed by atoms with E-state index in [1.165, 1.54) is 37.1 Å². The van der Waals surface area contributed by atoms with Crippen LogP contribution in [0.25, 0.3) is 0 Å². The van der Waals surface area contributed by atoms with Gasteiger partial charge in [0, 0.05) is 24.4 Å². The van der Waals surface area contributed by atoms with Gasteiger partial charge in [-0.25, -0.2) is 4.98 Å². The maximum atomic E-state index is 10.9. The zero-order valence-electron chi connectivity index (χ0n) is 12.3. The molecule has 2 rings (SSSR count). The van der Waals surface area contributed by atoms with Crippen LogP contribution in [-0.4, -0.2) is 34.6 Å². The first kappa shape index (κ1) is 15.4. The molecule has 1 fully saturated rings. The van der Waals surface area contributed by atoms with Crippen molar-refractivity contribution in [3.05, 3.63) is 16.1 Å². The van der Waals surface area contributed by atoms with Crippen molar-refractivity contribution in [1.29, 1.82) is 0 Å². The van der Waals surface area contributed by atoms with Gasteiger partial charge < -0.3 is 5.11 Å². The Morgan fingerprint density at radius 1 is 1.50 bits per heavy atom. The summed E-state index contributed by atoms with van der Waals surface area (Å²) in [4.78, 5) is 17.7. The summed E-state index contributed by atoms with van der Waals surface area (Å²) in [6, 6.07) is 0. The quantitative estimate of drug-likeness (QED) is 0.874. The topological polar surface area (TPSA) is 53.4 Å². The van der Waals surface area contributed by atoms with Gasteiger partial charge in [0.25, 0.3) is 0 Å². The number of carboxylic acid groups (broad SMARTS) is 1. The second-order valence-electron chi connectivity index (χ2n) is 5.95. The number of rotatable bonds is 6. The Morgan fingerprint density at radius 3 is 2.85 bits per heavy atom. The van der Waals surface area contributed by atoms with E-state index in [0.717, 1.165) is 12.2 Å². The molecule has 0 saturated heterocycles. The number of carboxylic acids is 1. The molecule has 0 amide bonds. The molecular formula is C15H24N2O2S. The summed E-state index contributed by atoms with van der Waals surface area (Å²) in [5.41, 5.74) is 1.08. The molecule has 1 aliphatic carbocycles. The van der Waals surface area contributed by atoms with Crippen LogP contribution in [0.2, 0.25) is 0 Å². The second-order valence-corrected chi connectivity index (χ2v) is 6.84. The summed E-state index contributed by atoms with van der Waals surface area (Å²) in [6.45, 7) is 3.04. The van der Waals surface area contributed by atoms with Gasteiger partial charge in [0.05, 0.1) is 16.6 Å². The maximum absolute atomic E-state index is 10.9. The van der Waals surface area contributed by atoms with Crippen molar-refractivity contribution in [3.63, 3.8) is 0 Å². The predicted molar refractivity (Wildman–Crippen MR) is 81.1 cm³/mol. The van der Waals surface area contributed by atoms with Crippen LogP contribution >= 0.6 is 11.3 Å². The fraction of sp³-hybridized carbons (Fsp3) is 0.733. The number of aliphatic carboxylic acids is 1. The molecular weight excluding hydrogens is 272 g/mol. The van der Waals surface area contributed by atoms with Crippen molar-refractivity contribution in [1.82, 2.24) is 9.88 Å². The van der Waals surface area contributed by atoms with Crippen LogP contribution < -0.4 is 0 Å². The molecule has 0 spiro atoms. The molecule has 4 nitrogen and oxygen atoms in total. The number of hydrogen-bond acceptors (Lipinski definition) is 4. The summed E-state index contributed by atoms with van der Waals surface area (Å²) in [5, 5.41) is 12.3. The highest BCUT2D eigenvalue weighted by atomic mass is 32.1. The Hall–Kier alpha value is -0.940. The van der Waals surface area contributed by atoms with E-state index in [-0.39, 0.29) is 5.92 Å². The van der Waals surface area contributed by atoms with Crippen molar-refractivity contribution in [2.24, 2.45) is 5.92 Å². The van der Waals surface area contributed by atoms with Crippen LogP contribution in [0, 0.1) is 5.92 Å². The number of carbonyl (C=O) groups is 1. The lowest BCUT2D eigenvalue weighted by atomic mass is 9.90. The van der Waals surface area contributed by atoms with Gasteiger partial charge in [0.1, 0.15) is 0 Å². The van der Waals surface area contributed by atoms with E-state index in [2.05, 4.69) is 5.38 Å². The van der Waals surface area contributed by atoms with Crippen LogP contribution in [0.3, 0.4) is 0 Å². The zero-order chi connectivity index (χ0) is 14.5. The standard InChI is InChI=1S/C15H24N2O2S/c1-11(15(18)19)8-17(2)9-13-10-20-14(16-13)12-6-4-3-5-7-12/h10-12H,3-9H2,1-2H3,(H,18,19). The number of hydrogen-bond donors (Lipinski definition) is 1. The molecule has 1 unspecified atom stereocenters. The third-order valence-corrected chi connectivity index (χ3v) is 5.02. The SMILES string of the molecule is CC(CN(C)Cc1csc(C2CCCCC2)n1)C(=O)O. The Labute approximate surface area is 124 Å². The van der Waals surface area contributed by atoms with Gasteiger partial charge in [0.15, 0.2) is 0 Å². The third-order valence-electron chi connectivity index (χ3n) is 3.96. The van der Waals surface area contributed by atoms with E-state index >= 15 is 0 Å². The van der Waals surface area contributed by atoms with Crippen molar-refractivity contribution >= 4 is 17.3 Å². The van der Waals surface area contributed by atoms with Gasteiger partial charge in [-0.2, -0.15) is 0 Å². The highest BCUT2D eigenvalue weighted by Gasteiger charge is 2.19. The normalized spacial score (nSPS) is 18.4. The highest BCUT2D eigenvalue weighted by molar-refractivity contribution is 7.09. The van der Waals surface area contributed by atoms with Gasteiger partial charge in [-0.15, -0.1) is 11.3 Å². The summed E-state index contributed by atoms with van der Waals surface area (Å²) >= 11 is 1.77. The monoisotopic (exact) mass is 296 g/mol. The Balaban J connectivity index is 1.87. The lowest BCUT2D eigenvalue weighted by Gasteiger charge is -2.19. The fourth-order valence-electron chi connectivity index (χ4n) is 2.82. The minimum Gasteiger partial charge on any atom is -0.481 e. The first-order valence-electron chi connectivity index (χ1n) is 7.42. The zero-order valence-corrected chi connectivity index (χ0v) is 13.2. The largest absolute Gasteiger partial charge is 0.481 e. The van der Waals surface area contributed by atoms with Crippen LogP contribution in [0.4, 0.5) is 0 Å².